The van der Waals surface area contributed by atoms with Crippen LogP contribution in [-0.4, -0.2) is 34.2 Å². The molecular formula is C16H19N3O3. The molecule has 2 atom stereocenters. The molecule has 0 aliphatic carbocycles. The number of benzene rings is 1. The molecule has 3 rings (SSSR count). The predicted octanol–water partition coefficient (Wildman–Crippen LogP) is 1.08. The lowest BCUT2D eigenvalue weighted by Gasteiger charge is -2.20. The van der Waals surface area contributed by atoms with Gasteiger partial charge in [0, 0.05) is 6.61 Å². The second-order valence-electron chi connectivity index (χ2n) is 5.60. The molecule has 1 aliphatic rings. The first-order valence-corrected chi connectivity index (χ1v) is 7.50. The number of hydrogen-bond donors (Lipinski definition) is 1. The van der Waals surface area contributed by atoms with Gasteiger partial charge in [0.2, 0.25) is 5.91 Å². The topological polar surface area (TPSA) is 73.2 Å². The third-order valence-corrected chi connectivity index (χ3v) is 3.96. The minimum absolute atomic E-state index is 0.0340. The highest BCUT2D eigenvalue weighted by Gasteiger charge is 2.23. The van der Waals surface area contributed by atoms with Crippen molar-refractivity contribution >= 4 is 16.8 Å². The average Bonchev–Trinajstić information content (AvgIpc) is 3.05. The third kappa shape index (κ3) is 3.01. The molecule has 1 amide bonds. The molecule has 1 N–H and O–H groups in total. The molecule has 1 saturated heterocycles. The number of hydrogen-bond acceptors (Lipinski definition) is 4. The summed E-state index contributed by atoms with van der Waals surface area (Å²) < 4.78 is 6.88. The number of amides is 1. The first-order valence-electron chi connectivity index (χ1n) is 7.50. The maximum atomic E-state index is 12.3. The lowest BCUT2D eigenvalue weighted by atomic mass is 10.1. The number of nitrogens with one attached hydrogen (secondary N) is 1. The third-order valence-electron chi connectivity index (χ3n) is 3.96. The summed E-state index contributed by atoms with van der Waals surface area (Å²) in [6.45, 7) is 2.64. The van der Waals surface area contributed by atoms with Crippen molar-refractivity contribution in [2.75, 3.05) is 6.61 Å². The molecule has 1 aromatic heterocycles. The van der Waals surface area contributed by atoms with E-state index in [0.29, 0.717) is 10.9 Å². The summed E-state index contributed by atoms with van der Waals surface area (Å²) in [5.74, 6) is -0.206. The monoisotopic (exact) mass is 301 g/mol. The summed E-state index contributed by atoms with van der Waals surface area (Å²) in [5.41, 5.74) is 0.433. The zero-order valence-corrected chi connectivity index (χ0v) is 12.5. The van der Waals surface area contributed by atoms with Crippen LogP contribution in [0.5, 0.6) is 0 Å². The lowest BCUT2D eigenvalue weighted by Crippen LogP contribution is -2.43. The number of aromatic nitrogens is 2. The van der Waals surface area contributed by atoms with E-state index in [4.69, 9.17) is 4.74 Å². The molecule has 0 saturated carbocycles. The molecule has 1 fully saturated rings. The Bertz CT molecular complexity index is 735. The van der Waals surface area contributed by atoms with Gasteiger partial charge in [0.15, 0.2) is 0 Å². The Hall–Kier alpha value is -2.21. The van der Waals surface area contributed by atoms with Crippen LogP contribution < -0.4 is 10.9 Å². The zero-order valence-electron chi connectivity index (χ0n) is 12.5. The van der Waals surface area contributed by atoms with Crippen molar-refractivity contribution in [3.05, 3.63) is 40.9 Å². The second kappa shape index (κ2) is 6.27. The molecule has 0 bridgehead atoms. The van der Waals surface area contributed by atoms with Crippen LogP contribution in [0.25, 0.3) is 10.9 Å². The molecule has 0 radical (unpaired) electrons. The Kier molecular flexibility index (Phi) is 4.20. The molecule has 1 aliphatic heterocycles. The first kappa shape index (κ1) is 14.7. The zero-order chi connectivity index (χ0) is 15.5. The highest BCUT2D eigenvalue weighted by molar-refractivity contribution is 5.79. The van der Waals surface area contributed by atoms with Crippen molar-refractivity contribution in [2.24, 2.45) is 0 Å². The van der Waals surface area contributed by atoms with Crippen LogP contribution in [-0.2, 0) is 16.1 Å². The fraction of sp³-hybridized carbons (Fsp3) is 0.438. The van der Waals surface area contributed by atoms with E-state index in [1.165, 1.54) is 10.9 Å². The summed E-state index contributed by atoms with van der Waals surface area (Å²) in [6.07, 6.45) is 3.47. The predicted molar refractivity (Wildman–Crippen MR) is 82.6 cm³/mol. The largest absolute Gasteiger partial charge is 0.376 e. The van der Waals surface area contributed by atoms with E-state index in [-0.39, 0.29) is 30.2 Å². The van der Waals surface area contributed by atoms with Crippen LogP contribution >= 0.6 is 0 Å². The van der Waals surface area contributed by atoms with E-state index in [1.807, 2.05) is 13.0 Å². The molecule has 6 heteroatoms. The van der Waals surface area contributed by atoms with Crippen molar-refractivity contribution < 1.29 is 9.53 Å². The van der Waals surface area contributed by atoms with E-state index in [0.717, 1.165) is 19.4 Å². The van der Waals surface area contributed by atoms with Gasteiger partial charge in [-0.05, 0) is 31.9 Å². The number of fused-ring (bicyclic) bond motifs is 1. The molecule has 6 nitrogen and oxygen atoms in total. The molecule has 22 heavy (non-hydrogen) atoms. The van der Waals surface area contributed by atoms with Crippen LogP contribution in [0.4, 0.5) is 0 Å². The summed E-state index contributed by atoms with van der Waals surface area (Å²) in [4.78, 5) is 28.6. The average molecular weight is 301 g/mol. The minimum Gasteiger partial charge on any atom is -0.376 e. The standard InChI is InChI=1S/C16H19N3O3/c1-11(14-7-4-8-22-14)18-15(20)9-19-10-17-13-6-3-2-5-12(13)16(19)21/h2-3,5-6,10-11,14H,4,7-9H2,1H3,(H,18,20). The number of ether oxygens (including phenoxy) is 1. The Morgan fingerprint density at radius 3 is 3.09 bits per heavy atom. The fourth-order valence-corrected chi connectivity index (χ4v) is 2.76. The Labute approximate surface area is 128 Å². The lowest BCUT2D eigenvalue weighted by molar-refractivity contribution is -0.123. The molecule has 116 valence electrons. The SMILES string of the molecule is CC(NC(=O)Cn1cnc2ccccc2c1=O)C1CCCO1. The Morgan fingerprint density at radius 1 is 1.50 bits per heavy atom. The van der Waals surface area contributed by atoms with E-state index in [9.17, 15) is 9.59 Å². The van der Waals surface area contributed by atoms with Gasteiger partial charge >= 0.3 is 0 Å². The molecule has 2 aromatic rings. The van der Waals surface area contributed by atoms with Crippen LogP contribution in [0.1, 0.15) is 19.8 Å². The van der Waals surface area contributed by atoms with Gasteiger partial charge in [0.1, 0.15) is 6.54 Å². The molecular weight excluding hydrogens is 282 g/mol. The van der Waals surface area contributed by atoms with Crippen molar-refractivity contribution in [1.29, 1.82) is 0 Å². The van der Waals surface area contributed by atoms with E-state index < -0.39 is 0 Å². The first-order chi connectivity index (χ1) is 10.6. The van der Waals surface area contributed by atoms with Gasteiger partial charge in [-0.15, -0.1) is 0 Å². The second-order valence-corrected chi connectivity index (χ2v) is 5.60. The van der Waals surface area contributed by atoms with Crippen molar-refractivity contribution in [2.45, 2.75) is 38.5 Å². The molecule has 0 spiro atoms. The van der Waals surface area contributed by atoms with Crippen molar-refractivity contribution in [3.8, 4) is 0 Å². The van der Waals surface area contributed by atoms with Crippen molar-refractivity contribution in [3.63, 3.8) is 0 Å². The number of carbonyl (C=O) groups is 1. The minimum atomic E-state index is -0.206. The van der Waals surface area contributed by atoms with E-state index in [1.54, 1.807) is 18.2 Å². The van der Waals surface area contributed by atoms with Gasteiger partial charge in [-0.2, -0.15) is 0 Å². The summed E-state index contributed by atoms with van der Waals surface area (Å²) in [5, 5.41) is 3.41. The van der Waals surface area contributed by atoms with Gasteiger partial charge in [-0.3, -0.25) is 14.2 Å². The maximum absolute atomic E-state index is 12.3. The summed E-state index contributed by atoms with van der Waals surface area (Å²) in [6, 6.07) is 7.05. The smallest absolute Gasteiger partial charge is 0.261 e. The maximum Gasteiger partial charge on any atom is 0.261 e. The van der Waals surface area contributed by atoms with Gasteiger partial charge in [-0.1, -0.05) is 12.1 Å². The number of rotatable bonds is 4. The quantitative estimate of drug-likeness (QED) is 0.917. The van der Waals surface area contributed by atoms with Crippen LogP contribution in [0.3, 0.4) is 0 Å². The highest BCUT2D eigenvalue weighted by atomic mass is 16.5. The van der Waals surface area contributed by atoms with Gasteiger partial charge in [-0.25, -0.2) is 4.98 Å². The van der Waals surface area contributed by atoms with Gasteiger partial charge < -0.3 is 10.1 Å². The molecule has 2 heterocycles. The van der Waals surface area contributed by atoms with E-state index >= 15 is 0 Å². The normalized spacial score (nSPS) is 19.2. The molecule has 1 aromatic carbocycles. The Balaban J connectivity index is 1.71. The number of nitrogens with zero attached hydrogens (tertiary/aromatic N) is 2. The number of para-hydroxylation sites is 1. The van der Waals surface area contributed by atoms with Gasteiger partial charge in [0.25, 0.3) is 5.56 Å². The molecule has 2 unspecified atom stereocenters. The fourth-order valence-electron chi connectivity index (χ4n) is 2.76. The van der Waals surface area contributed by atoms with Gasteiger partial charge in [0.05, 0.1) is 29.4 Å². The summed E-state index contributed by atoms with van der Waals surface area (Å²) in [7, 11) is 0. The summed E-state index contributed by atoms with van der Waals surface area (Å²) >= 11 is 0. The highest BCUT2D eigenvalue weighted by Crippen LogP contribution is 2.15. The van der Waals surface area contributed by atoms with Crippen LogP contribution in [0.15, 0.2) is 35.4 Å². The Morgan fingerprint density at radius 2 is 2.32 bits per heavy atom. The van der Waals surface area contributed by atoms with Crippen LogP contribution in [0.2, 0.25) is 0 Å². The van der Waals surface area contributed by atoms with Crippen LogP contribution in [0, 0.1) is 0 Å². The van der Waals surface area contributed by atoms with Crippen molar-refractivity contribution in [1.82, 2.24) is 14.9 Å². The van der Waals surface area contributed by atoms with E-state index in [2.05, 4.69) is 10.3 Å². The number of carbonyl (C=O) groups excluding carboxylic acids is 1.